The summed E-state index contributed by atoms with van der Waals surface area (Å²) in [5.74, 6) is 0. The van der Waals surface area contributed by atoms with Crippen LogP contribution in [0.25, 0.3) is 0 Å². The molecular weight excluding hydrogens is 317 g/mol. The first-order valence-electron chi connectivity index (χ1n) is 5.28. The number of halogens is 1. The van der Waals surface area contributed by atoms with Crippen LogP contribution in [0.4, 0.5) is 0 Å². The van der Waals surface area contributed by atoms with Crippen LogP contribution in [0.15, 0.2) is 18.6 Å². The van der Waals surface area contributed by atoms with Crippen molar-refractivity contribution in [2.24, 2.45) is 0 Å². The maximum atomic E-state index is 4.51. The van der Waals surface area contributed by atoms with Crippen molar-refractivity contribution < 1.29 is 0 Å². The lowest BCUT2D eigenvalue weighted by Crippen LogP contribution is -2.06. The van der Waals surface area contributed by atoms with Crippen molar-refractivity contribution in [1.82, 2.24) is 24.5 Å². The lowest BCUT2D eigenvalue weighted by molar-refractivity contribution is 0.471. The third kappa shape index (κ3) is 2.60. The SMILES string of the molecule is CCC(C)n1ccc(Cn2cnc(I)n2)n1. The van der Waals surface area contributed by atoms with Gasteiger partial charge < -0.3 is 0 Å². The van der Waals surface area contributed by atoms with Gasteiger partial charge in [-0.1, -0.05) is 6.92 Å². The van der Waals surface area contributed by atoms with Gasteiger partial charge in [0.05, 0.1) is 12.2 Å². The molecule has 0 radical (unpaired) electrons. The first-order chi connectivity index (χ1) is 7.69. The van der Waals surface area contributed by atoms with Gasteiger partial charge >= 0.3 is 0 Å². The molecule has 0 aliphatic heterocycles. The van der Waals surface area contributed by atoms with Gasteiger partial charge in [-0.05, 0) is 19.4 Å². The monoisotopic (exact) mass is 331 g/mol. The van der Waals surface area contributed by atoms with E-state index in [1.807, 2.05) is 16.9 Å². The standard InChI is InChI=1S/C10H14IN5/c1-3-8(2)16-5-4-9(13-16)6-15-7-12-10(11)14-15/h4-5,7-8H,3,6H2,1-2H3. The summed E-state index contributed by atoms with van der Waals surface area (Å²) < 4.78 is 4.56. The number of nitrogens with zero attached hydrogens (tertiary/aromatic N) is 5. The molecule has 1 atom stereocenters. The van der Waals surface area contributed by atoms with Crippen LogP contribution < -0.4 is 0 Å². The molecule has 0 aliphatic rings. The third-order valence-corrected chi connectivity index (χ3v) is 3.03. The summed E-state index contributed by atoms with van der Waals surface area (Å²) in [6.07, 6.45) is 4.83. The fraction of sp³-hybridized carbons (Fsp3) is 0.500. The molecule has 2 aromatic rings. The largest absolute Gasteiger partial charge is 0.270 e. The zero-order valence-electron chi connectivity index (χ0n) is 9.34. The first-order valence-corrected chi connectivity index (χ1v) is 6.36. The molecular formula is C10H14IN5. The minimum atomic E-state index is 0.449. The summed E-state index contributed by atoms with van der Waals surface area (Å²) in [6.45, 7) is 5.00. The Labute approximate surface area is 108 Å². The van der Waals surface area contributed by atoms with Crippen LogP contribution in [0.5, 0.6) is 0 Å². The third-order valence-electron chi connectivity index (χ3n) is 2.54. The summed E-state index contributed by atoms with van der Waals surface area (Å²) in [5, 5.41) is 8.73. The fourth-order valence-corrected chi connectivity index (χ4v) is 1.81. The van der Waals surface area contributed by atoms with Gasteiger partial charge in [0.1, 0.15) is 6.33 Å². The van der Waals surface area contributed by atoms with E-state index in [9.17, 15) is 0 Å². The van der Waals surface area contributed by atoms with Gasteiger partial charge in [-0.2, -0.15) is 5.10 Å². The predicted octanol–water partition coefficient (Wildman–Crippen LogP) is 2.10. The van der Waals surface area contributed by atoms with Crippen molar-refractivity contribution in [3.05, 3.63) is 28.1 Å². The maximum Gasteiger partial charge on any atom is 0.211 e. The summed E-state index contributed by atoms with van der Waals surface area (Å²) >= 11 is 2.10. The highest BCUT2D eigenvalue weighted by atomic mass is 127. The molecule has 0 aromatic carbocycles. The molecule has 0 bridgehead atoms. The van der Waals surface area contributed by atoms with Crippen LogP contribution >= 0.6 is 22.6 Å². The van der Waals surface area contributed by atoms with E-state index in [2.05, 4.69) is 51.6 Å². The van der Waals surface area contributed by atoms with Crippen LogP contribution in [0.1, 0.15) is 32.0 Å². The molecule has 0 spiro atoms. The van der Waals surface area contributed by atoms with E-state index >= 15 is 0 Å². The minimum Gasteiger partial charge on any atom is -0.270 e. The Bertz CT molecular complexity index is 461. The average molecular weight is 331 g/mol. The van der Waals surface area contributed by atoms with E-state index < -0.39 is 0 Å². The average Bonchev–Trinajstić information content (AvgIpc) is 2.87. The molecule has 2 rings (SSSR count). The van der Waals surface area contributed by atoms with E-state index in [1.165, 1.54) is 0 Å². The second-order valence-corrected chi connectivity index (χ2v) is 4.72. The van der Waals surface area contributed by atoms with Gasteiger partial charge in [0, 0.05) is 34.8 Å². The number of hydrogen-bond donors (Lipinski definition) is 0. The van der Waals surface area contributed by atoms with E-state index in [0.29, 0.717) is 12.6 Å². The highest BCUT2D eigenvalue weighted by Crippen LogP contribution is 2.09. The van der Waals surface area contributed by atoms with Crippen LogP contribution in [-0.4, -0.2) is 24.5 Å². The molecule has 2 aromatic heterocycles. The van der Waals surface area contributed by atoms with E-state index in [0.717, 1.165) is 15.9 Å². The molecule has 0 aliphatic carbocycles. The molecule has 2 heterocycles. The second-order valence-electron chi connectivity index (χ2n) is 3.76. The molecule has 1 unspecified atom stereocenters. The van der Waals surface area contributed by atoms with Crippen molar-refractivity contribution in [3.8, 4) is 0 Å². The van der Waals surface area contributed by atoms with Gasteiger partial charge in [0.25, 0.3) is 0 Å². The zero-order valence-corrected chi connectivity index (χ0v) is 11.5. The lowest BCUT2D eigenvalue weighted by Gasteiger charge is -2.07. The van der Waals surface area contributed by atoms with Crippen LogP contribution in [0.2, 0.25) is 0 Å². The van der Waals surface area contributed by atoms with Crippen molar-refractivity contribution in [1.29, 1.82) is 0 Å². The van der Waals surface area contributed by atoms with Crippen LogP contribution in [0.3, 0.4) is 0 Å². The normalized spacial score (nSPS) is 12.9. The minimum absolute atomic E-state index is 0.449. The highest BCUT2D eigenvalue weighted by Gasteiger charge is 2.05. The van der Waals surface area contributed by atoms with Crippen molar-refractivity contribution in [2.75, 3.05) is 0 Å². The number of rotatable bonds is 4. The number of hydrogen-bond acceptors (Lipinski definition) is 3. The van der Waals surface area contributed by atoms with Crippen molar-refractivity contribution in [2.45, 2.75) is 32.9 Å². The summed E-state index contributed by atoms with van der Waals surface area (Å²) in [7, 11) is 0. The van der Waals surface area contributed by atoms with Crippen molar-refractivity contribution in [3.63, 3.8) is 0 Å². The Hall–Kier alpha value is -0.920. The topological polar surface area (TPSA) is 48.5 Å². The van der Waals surface area contributed by atoms with Gasteiger partial charge in [-0.25, -0.2) is 9.67 Å². The van der Waals surface area contributed by atoms with E-state index in [-0.39, 0.29) is 0 Å². The molecule has 0 saturated heterocycles. The molecule has 5 nitrogen and oxygen atoms in total. The van der Waals surface area contributed by atoms with Crippen LogP contribution in [0, 0.1) is 3.83 Å². The molecule has 0 N–H and O–H groups in total. The van der Waals surface area contributed by atoms with E-state index in [1.54, 1.807) is 11.0 Å². The van der Waals surface area contributed by atoms with Crippen molar-refractivity contribution >= 4 is 22.6 Å². The molecule has 86 valence electrons. The Balaban J connectivity index is 2.08. The summed E-state index contributed by atoms with van der Waals surface area (Å²) in [6, 6.07) is 2.48. The van der Waals surface area contributed by atoms with Gasteiger partial charge in [0.2, 0.25) is 3.83 Å². The molecule has 0 fully saturated rings. The Morgan fingerprint density at radius 1 is 1.44 bits per heavy atom. The molecule has 16 heavy (non-hydrogen) atoms. The Kier molecular flexibility index (Phi) is 3.57. The fourth-order valence-electron chi connectivity index (χ4n) is 1.41. The lowest BCUT2D eigenvalue weighted by atomic mass is 10.3. The predicted molar refractivity (Wildman–Crippen MR) is 69.1 cm³/mol. The second kappa shape index (κ2) is 4.94. The van der Waals surface area contributed by atoms with Gasteiger partial charge in [-0.3, -0.25) is 4.68 Å². The molecule has 6 heteroatoms. The molecule has 0 amide bonds. The first kappa shape index (κ1) is 11.6. The van der Waals surface area contributed by atoms with Gasteiger partial charge in [-0.15, -0.1) is 5.10 Å². The summed E-state index contributed by atoms with van der Waals surface area (Å²) in [5.41, 5.74) is 1.02. The highest BCUT2D eigenvalue weighted by molar-refractivity contribution is 14.1. The van der Waals surface area contributed by atoms with Crippen LogP contribution in [-0.2, 0) is 6.54 Å². The quantitative estimate of drug-likeness (QED) is 0.806. The molecule has 0 saturated carbocycles. The maximum absolute atomic E-state index is 4.51. The summed E-state index contributed by atoms with van der Waals surface area (Å²) in [4.78, 5) is 4.07. The van der Waals surface area contributed by atoms with Gasteiger partial charge in [0.15, 0.2) is 0 Å². The van der Waals surface area contributed by atoms with E-state index in [4.69, 9.17) is 0 Å². The Morgan fingerprint density at radius 2 is 2.25 bits per heavy atom. The Morgan fingerprint density at radius 3 is 2.88 bits per heavy atom. The smallest absolute Gasteiger partial charge is 0.211 e. The zero-order chi connectivity index (χ0) is 11.5. The number of aromatic nitrogens is 5.